The third-order valence-electron chi connectivity index (χ3n) is 3.13. The van der Waals surface area contributed by atoms with Crippen LogP contribution in [0.1, 0.15) is 37.3 Å². The number of nitrogens with zero attached hydrogens (tertiary/aromatic N) is 1. The Morgan fingerprint density at radius 1 is 1.28 bits per heavy atom. The predicted molar refractivity (Wildman–Crippen MR) is 79.9 cm³/mol. The van der Waals surface area contributed by atoms with E-state index in [1.807, 2.05) is 24.0 Å². The number of alkyl halides is 1. The van der Waals surface area contributed by atoms with Crippen molar-refractivity contribution < 1.29 is 4.79 Å². The lowest BCUT2D eigenvalue weighted by Crippen LogP contribution is -2.30. The fourth-order valence-corrected chi connectivity index (χ4v) is 2.29. The van der Waals surface area contributed by atoms with Crippen molar-refractivity contribution in [2.45, 2.75) is 39.7 Å². The van der Waals surface area contributed by atoms with E-state index in [9.17, 15) is 4.79 Å². The Morgan fingerprint density at radius 2 is 2.00 bits per heavy atom. The van der Waals surface area contributed by atoms with E-state index in [0.717, 1.165) is 31.3 Å². The topological polar surface area (TPSA) is 20.3 Å². The van der Waals surface area contributed by atoms with Gasteiger partial charge in [0.1, 0.15) is 0 Å². The van der Waals surface area contributed by atoms with Crippen LogP contribution >= 0.6 is 15.9 Å². The monoisotopic (exact) mass is 311 g/mol. The number of hydrogen-bond acceptors (Lipinski definition) is 1. The summed E-state index contributed by atoms with van der Waals surface area (Å²) >= 11 is 3.39. The molecule has 2 nitrogen and oxygen atoms in total. The third kappa shape index (κ3) is 4.81. The number of carbonyl (C=O) groups is 1. The normalized spacial score (nSPS) is 10.4. The zero-order valence-electron chi connectivity index (χ0n) is 11.3. The van der Waals surface area contributed by atoms with Gasteiger partial charge in [0, 0.05) is 24.8 Å². The van der Waals surface area contributed by atoms with Crippen LogP contribution in [0.4, 0.5) is 0 Å². The van der Waals surface area contributed by atoms with Crippen molar-refractivity contribution in [3.63, 3.8) is 0 Å². The first-order valence-corrected chi connectivity index (χ1v) is 7.69. The number of unbranched alkanes of at least 4 members (excludes halogenated alkanes) is 1. The quantitative estimate of drug-likeness (QED) is 0.552. The Morgan fingerprint density at radius 3 is 2.61 bits per heavy atom. The molecule has 1 amide bonds. The molecule has 0 saturated carbocycles. The zero-order chi connectivity index (χ0) is 13.4. The highest BCUT2D eigenvalue weighted by Gasteiger charge is 2.12. The van der Waals surface area contributed by atoms with E-state index < -0.39 is 0 Å². The molecule has 3 heteroatoms. The summed E-state index contributed by atoms with van der Waals surface area (Å²) in [6, 6.07) is 8.26. The van der Waals surface area contributed by atoms with Crippen molar-refractivity contribution in [1.29, 1.82) is 0 Å². The summed E-state index contributed by atoms with van der Waals surface area (Å²) in [6.07, 6.45) is 2.69. The maximum Gasteiger partial charge on any atom is 0.222 e. The lowest BCUT2D eigenvalue weighted by Gasteiger charge is -2.22. The van der Waals surface area contributed by atoms with Crippen LogP contribution in [0.15, 0.2) is 24.3 Å². The fraction of sp³-hybridized carbons (Fsp3) is 0.533. The van der Waals surface area contributed by atoms with Crippen molar-refractivity contribution in [1.82, 2.24) is 4.90 Å². The Kier molecular flexibility index (Phi) is 7.02. The van der Waals surface area contributed by atoms with E-state index in [4.69, 9.17) is 0 Å². The van der Waals surface area contributed by atoms with Crippen LogP contribution in [0.5, 0.6) is 0 Å². The highest BCUT2D eigenvalue weighted by atomic mass is 79.9. The maximum atomic E-state index is 12.1. The fourth-order valence-electron chi connectivity index (χ4n) is 1.90. The second-order valence-electron chi connectivity index (χ2n) is 4.48. The molecule has 0 saturated heterocycles. The molecule has 0 aliphatic carbocycles. The summed E-state index contributed by atoms with van der Waals surface area (Å²) in [7, 11) is 0. The number of halogens is 1. The molecule has 0 N–H and O–H groups in total. The zero-order valence-corrected chi connectivity index (χ0v) is 12.9. The lowest BCUT2D eigenvalue weighted by molar-refractivity contribution is -0.131. The van der Waals surface area contributed by atoms with Crippen LogP contribution in [0.25, 0.3) is 0 Å². The van der Waals surface area contributed by atoms with Gasteiger partial charge in [-0.2, -0.15) is 0 Å². The van der Waals surface area contributed by atoms with Crippen LogP contribution < -0.4 is 0 Å². The molecule has 0 unspecified atom stereocenters. The highest BCUT2D eigenvalue weighted by Crippen LogP contribution is 2.12. The molecule has 0 fully saturated rings. The molecule has 0 spiro atoms. The summed E-state index contributed by atoms with van der Waals surface area (Å²) in [6.45, 7) is 5.65. The van der Waals surface area contributed by atoms with E-state index in [1.165, 1.54) is 11.1 Å². The second-order valence-corrected chi connectivity index (χ2v) is 5.27. The van der Waals surface area contributed by atoms with Gasteiger partial charge in [0.2, 0.25) is 5.91 Å². The molecule has 0 atom stereocenters. The van der Waals surface area contributed by atoms with Gasteiger partial charge in [0.25, 0.3) is 0 Å². The molecule has 0 bridgehead atoms. The molecular formula is C15H22BrNO. The third-order valence-corrected chi connectivity index (χ3v) is 3.69. The molecule has 0 aliphatic rings. The molecule has 1 aromatic carbocycles. The number of hydrogen-bond donors (Lipinski definition) is 0. The Bertz CT molecular complexity index is 379. The Balaban J connectivity index is 2.56. The minimum Gasteiger partial charge on any atom is -0.339 e. The first kappa shape index (κ1) is 15.2. The average molecular weight is 312 g/mol. The Hall–Kier alpha value is -0.830. The van der Waals surface area contributed by atoms with Crippen LogP contribution in [-0.2, 0) is 11.3 Å². The largest absolute Gasteiger partial charge is 0.339 e. The molecule has 100 valence electrons. The molecular weight excluding hydrogens is 290 g/mol. The maximum absolute atomic E-state index is 12.1. The molecule has 0 aromatic heterocycles. The van der Waals surface area contributed by atoms with Gasteiger partial charge in [-0.3, -0.25) is 4.79 Å². The van der Waals surface area contributed by atoms with Gasteiger partial charge in [-0.25, -0.2) is 0 Å². The van der Waals surface area contributed by atoms with E-state index in [0.29, 0.717) is 6.42 Å². The van der Waals surface area contributed by atoms with Crippen molar-refractivity contribution in [3.05, 3.63) is 35.4 Å². The average Bonchev–Trinajstić information content (AvgIpc) is 2.38. The minimum atomic E-state index is 0.265. The van der Waals surface area contributed by atoms with E-state index >= 15 is 0 Å². The van der Waals surface area contributed by atoms with Crippen LogP contribution in [-0.4, -0.2) is 22.7 Å². The van der Waals surface area contributed by atoms with Gasteiger partial charge >= 0.3 is 0 Å². The number of amides is 1. The van der Waals surface area contributed by atoms with Crippen molar-refractivity contribution in [2.24, 2.45) is 0 Å². The molecule has 1 aromatic rings. The molecule has 18 heavy (non-hydrogen) atoms. The van der Waals surface area contributed by atoms with E-state index in [-0.39, 0.29) is 5.91 Å². The van der Waals surface area contributed by atoms with Crippen molar-refractivity contribution in [3.8, 4) is 0 Å². The van der Waals surface area contributed by atoms with Gasteiger partial charge in [-0.05, 0) is 37.8 Å². The predicted octanol–water partition coefficient (Wildman–Crippen LogP) is 3.91. The van der Waals surface area contributed by atoms with Gasteiger partial charge in [0.05, 0.1) is 0 Å². The number of aryl methyl sites for hydroxylation is 1. The highest BCUT2D eigenvalue weighted by molar-refractivity contribution is 9.09. The molecule has 1 rings (SSSR count). The molecule has 0 heterocycles. The van der Waals surface area contributed by atoms with E-state index in [1.54, 1.807) is 0 Å². The Labute approximate surface area is 119 Å². The summed E-state index contributed by atoms with van der Waals surface area (Å²) in [4.78, 5) is 14.0. The smallest absolute Gasteiger partial charge is 0.222 e. The summed E-state index contributed by atoms with van der Waals surface area (Å²) in [5.74, 6) is 0.265. The van der Waals surface area contributed by atoms with Gasteiger partial charge in [-0.15, -0.1) is 0 Å². The molecule has 0 radical (unpaired) electrons. The summed E-state index contributed by atoms with van der Waals surface area (Å²) in [5, 5.41) is 0.976. The molecule has 0 aliphatic heterocycles. The van der Waals surface area contributed by atoms with Crippen LogP contribution in [0.2, 0.25) is 0 Å². The first-order valence-electron chi connectivity index (χ1n) is 6.57. The van der Waals surface area contributed by atoms with Gasteiger partial charge in [0.15, 0.2) is 0 Å². The van der Waals surface area contributed by atoms with Crippen molar-refractivity contribution >= 4 is 21.8 Å². The number of carbonyl (C=O) groups excluding carboxylic acids is 1. The van der Waals surface area contributed by atoms with Gasteiger partial charge < -0.3 is 4.90 Å². The minimum absolute atomic E-state index is 0.265. The summed E-state index contributed by atoms with van der Waals surface area (Å²) < 4.78 is 0. The van der Waals surface area contributed by atoms with Crippen LogP contribution in [0, 0.1) is 6.92 Å². The first-order chi connectivity index (χ1) is 8.69. The number of benzene rings is 1. The standard InChI is InChI=1S/C15H22BrNO/c1-3-17(15(18)10-6-7-11-16)12-14-9-5-4-8-13(14)2/h4-5,8-9H,3,6-7,10-12H2,1-2H3. The second kappa shape index (κ2) is 8.30. The van der Waals surface area contributed by atoms with Crippen LogP contribution in [0.3, 0.4) is 0 Å². The lowest BCUT2D eigenvalue weighted by atomic mass is 10.1. The van der Waals surface area contributed by atoms with Gasteiger partial charge in [-0.1, -0.05) is 40.2 Å². The van der Waals surface area contributed by atoms with E-state index in [2.05, 4.69) is 35.0 Å². The van der Waals surface area contributed by atoms with Crippen molar-refractivity contribution in [2.75, 3.05) is 11.9 Å². The summed E-state index contributed by atoms with van der Waals surface area (Å²) in [5.41, 5.74) is 2.50. The number of rotatable bonds is 7. The SMILES string of the molecule is CCN(Cc1ccccc1C)C(=O)CCCCBr.